The number of fused-ring (bicyclic) bond motifs is 1. The van der Waals surface area contributed by atoms with Crippen molar-refractivity contribution in [1.29, 1.82) is 0 Å². The number of esters is 3. The average molecular weight is 439 g/mol. The van der Waals surface area contributed by atoms with Crippen molar-refractivity contribution >= 4 is 23.7 Å². The fraction of sp³-hybridized carbons (Fsp3) is 0.739. The highest BCUT2D eigenvalue weighted by molar-refractivity contribution is 5.95. The Kier molecular flexibility index (Phi) is 7.68. The normalized spacial score (nSPS) is 34.4. The topological polar surface area (TPSA) is 116 Å². The van der Waals surface area contributed by atoms with Gasteiger partial charge in [0.2, 0.25) is 0 Å². The molecule has 0 spiro atoms. The smallest absolute Gasteiger partial charge is 0.334 e. The first-order valence-electron chi connectivity index (χ1n) is 10.8. The molecule has 2 rings (SSSR count). The fourth-order valence-corrected chi connectivity index (χ4v) is 3.92. The standard InChI is InChI=1S/C23H34O8/c1-11(2)20(25)29-17-15-14(6)22(27)30-18(15)19(31-21(26)12(3)4)23(7,28)10-8-9-13(5)16(17)24/h11-13,15,17-19,28H,6,8-10H2,1-5,7H3/t13-,15-,17+,18+,19-,23+/m1/s1. The molecular weight excluding hydrogens is 404 g/mol. The van der Waals surface area contributed by atoms with Gasteiger partial charge in [0.15, 0.2) is 24.1 Å². The summed E-state index contributed by atoms with van der Waals surface area (Å²) in [5.41, 5.74) is -1.58. The maximum atomic E-state index is 13.3. The van der Waals surface area contributed by atoms with Crippen LogP contribution in [0.4, 0.5) is 0 Å². The van der Waals surface area contributed by atoms with Crippen molar-refractivity contribution in [2.24, 2.45) is 23.7 Å². The number of Topliss-reactive ketones (excluding diaryl/α,β-unsaturated/α-hetero) is 1. The predicted octanol–water partition coefficient (Wildman–Crippen LogP) is 2.36. The van der Waals surface area contributed by atoms with Crippen molar-refractivity contribution < 1.29 is 38.5 Å². The number of aliphatic hydroxyl groups is 1. The summed E-state index contributed by atoms with van der Waals surface area (Å²) in [5, 5.41) is 11.2. The van der Waals surface area contributed by atoms with E-state index in [1.807, 2.05) is 0 Å². The van der Waals surface area contributed by atoms with Crippen LogP contribution in [0.3, 0.4) is 0 Å². The van der Waals surface area contributed by atoms with Gasteiger partial charge in [-0.1, -0.05) is 41.2 Å². The van der Waals surface area contributed by atoms with E-state index in [9.17, 15) is 24.3 Å². The molecule has 8 heteroatoms. The first-order chi connectivity index (χ1) is 14.3. The third kappa shape index (κ3) is 5.34. The molecule has 2 aliphatic rings. The Morgan fingerprint density at radius 1 is 1.13 bits per heavy atom. The molecule has 1 N–H and O–H groups in total. The maximum Gasteiger partial charge on any atom is 0.334 e. The van der Waals surface area contributed by atoms with Crippen molar-refractivity contribution in [2.75, 3.05) is 0 Å². The van der Waals surface area contributed by atoms with Crippen LogP contribution in [0.5, 0.6) is 0 Å². The molecular formula is C23H34O8. The number of carbonyl (C=O) groups is 4. The van der Waals surface area contributed by atoms with E-state index in [1.54, 1.807) is 34.6 Å². The quantitative estimate of drug-likeness (QED) is 0.404. The number of carbonyl (C=O) groups excluding carboxylic acids is 4. The average Bonchev–Trinajstić information content (AvgIpc) is 2.96. The molecule has 2 fully saturated rings. The van der Waals surface area contributed by atoms with Crippen LogP contribution in [0, 0.1) is 23.7 Å². The molecule has 0 amide bonds. The minimum Gasteiger partial charge on any atom is -0.455 e. The summed E-state index contributed by atoms with van der Waals surface area (Å²) in [6.45, 7) is 13.6. The van der Waals surface area contributed by atoms with E-state index < -0.39 is 65.5 Å². The van der Waals surface area contributed by atoms with E-state index in [0.717, 1.165) is 0 Å². The Labute approximate surface area is 183 Å². The SMILES string of the molecule is C=C1C(=O)O[C@H]2[C@H]1[C@H](OC(=O)C(C)C)C(=O)[C@H](C)CCC[C@](C)(O)[C@@H]2OC(=O)C(C)C. The minimum atomic E-state index is -1.54. The van der Waals surface area contributed by atoms with Crippen LogP contribution in [0.15, 0.2) is 12.2 Å². The molecule has 8 nitrogen and oxygen atoms in total. The minimum absolute atomic E-state index is 0.0472. The highest BCUT2D eigenvalue weighted by Gasteiger charge is 2.57. The van der Waals surface area contributed by atoms with Gasteiger partial charge in [-0.05, 0) is 26.2 Å². The lowest BCUT2D eigenvalue weighted by atomic mass is 9.76. The highest BCUT2D eigenvalue weighted by Crippen LogP contribution is 2.41. The Bertz CT molecular complexity index is 751. The summed E-state index contributed by atoms with van der Waals surface area (Å²) in [6.07, 6.45) is -2.66. The lowest BCUT2D eigenvalue weighted by molar-refractivity contribution is -0.196. The number of ketones is 1. The number of rotatable bonds is 4. The Morgan fingerprint density at radius 2 is 1.68 bits per heavy atom. The van der Waals surface area contributed by atoms with Gasteiger partial charge >= 0.3 is 17.9 Å². The second kappa shape index (κ2) is 9.51. The lowest BCUT2D eigenvalue weighted by Gasteiger charge is -2.40. The van der Waals surface area contributed by atoms with Gasteiger partial charge < -0.3 is 19.3 Å². The van der Waals surface area contributed by atoms with E-state index in [4.69, 9.17) is 14.2 Å². The van der Waals surface area contributed by atoms with Crippen molar-refractivity contribution in [3.63, 3.8) is 0 Å². The van der Waals surface area contributed by atoms with Crippen LogP contribution >= 0.6 is 0 Å². The molecule has 31 heavy (non-hydrogen) atoms. The zero-order valence-corrected chi connectivity index (χ0v) is 19.2. The molecule has 0 aromatic heterocycles. The van der Waals surface area contributed by atoms with Crippen LogP contribution in [0.2, 0.25) is 0 Å². The molecule has 0 unspecified atom stereocenters. The number of ether oxygens (including phenoxy) is 3. The highest BCUT2D eigenvalue weighted by atomic mass is 16.6. The molecule has 0 aromatic carbocycles. The number of hydrogen-bond donors (Lipinski definition) is 1. The molecule has 1 aliphatic heterocycles. The van der Waals surface area contributed by atoms with Crippen molar-refractivity contribution in [2.45, 2.75) is 84.7 Å². The summed E-state index contributed by atoms with van der Waals surface area (Å²) in [5.74, 6) is -4.83. The molecule has 0 bridgehead atoms. The summed E-state index contributed by atoms with van der Waals surface area (Å²) in [7, 11) is 0. The van der Waals surface area contributed by atoms with Crippen LogP contribution in [0.1, 0.15) is 60.8 Å². The van der Waals surface area contributed by atoms with Crippen molar-refractivity contribution in [3.05, 3.63) is 12.2 Å². The van der Waals surface area contributed by atoms with Gasteiger partial charge in [-0.15, -0.1) is 0 Å². The fourth-order valence-electron chi connectivity index (χ4n) is 3.92. The summed E-state index contributed by atoms with van der Waals surface area (Å²) < 4.78 is 16.7. The summed E-state index contributed by atoms with van der Waals surface area (Å²) in [4.78, 5) is 50.6. The predicted molar refractivity (Wildman–Crippen MR) is 111 cm³/mol. The van der Waals surface area contributed by atoms with Crippen LogP contribution in [-0.2, 0) is 33.4 Å². The molecule has 1 aliphatic carbocycles. The van der Waals surface area contributed by atoms with Crippen molar-refractivity contribution in [1.82, 2.24) is 0 Å². The van der Waals surface area contributed by atoms with E-state index in [-0.39, 0.29) is 17.8 Å². The molecule has 6 atom stereocenters. The van der Waals surface area contributed by atoms with Crippen molar-refractivity contribution in [3.8, 4) is 0 Å². The van der Waals surface area contributed by atoms with E-state index >= 15 is 0 Å². The van der Waals surface area contributed by atoms with Gasteiger partial charge in [0.05, 0.1) is 17.8 Å². The van der Waals surface area contributed by atoms with Gasteiger partial charge in [-0.2, -0.15) is 0 Å². The molecule has 174 valence electrons. The molecule has 0 aromatic rings. The largest absolute Gasteiger partial charge is 0.455 e. The Morgan fingerprint density at radius 3 is 2.23 bits per heavy atom. The van der Waals surface area contributed by atoms with Gasteiger partial charge in [0.25, 0.3) is 0 Å². The Hall–Kier alpha value is -2.22. The number of hydrogen-bond acceptors (Lipinski definition) is 8. The molecule has 0 radical (unpaired) electrons. The summed E-state index contributed by atoms with van der Waals surface area (Å²) in [6, 6.07) is 0. The van der Waals surface area contributed by atoms with E-state index in [0.29, 0.717) is 12.8 Å². The molecule has 1 saturated carbocycles. The Balaban J connectivity index is 2.58. The monoisotopic (exact) mass is 438 g/mol. The van der Waals surface area contributed by atoms with E-state index in [1.165, 1.54) is 6.92 Å². The molecule has 1 heterocycles. The molecule has 1 saturated heterocycles. The van der Waals surface area contributed by atoms with Gasteiger partial charge in [0.1, 0.15) is 5.60 Å². The third-order valence-corrected chi connectivity index (χ3v) is 6.01. The van der Waals surface area contributed by atoms with Crippen LogP contribution in [-0.4, -0.2) is 52.7 Å². The first kappa shape index (κ1) is 25.0. The van der Waals surface area contributed by atoms with Crippen LogP contribution in [0.25, 0.3) is 0 Å². The van der Waals surface area contributed by atoms with Crippen LogP contribution < -0.4 is 0 Å². The summed E-state index contributed by atoms with van der Waals surface area (Å²) >= 11 is 0. The first-order valence-corrected chi connectivity index (χ1v) is 10.8. The van der Waals surface area contributed by atoms with Gasteiger partial charge in [0, 0.05) is 11.5 Å². The van der Waals surface area contributed by atoms with E-state index in [2.05, 4.69) is 6.58 Å². The van der Waals surface area contributed by atoms with Gasteiger partial charge in [-0.25, -0.2) is 4.79 Å². The zero-order chi connectivity index (χ0) is 23.7. The lowest BCUT2D eigenvalue weighted by Crippen LogP contribution is -2.55. The second-order valence-electron chi connectivity index (χ2n) is 9.50. The van der Waals surface area contributed by atoms with Gasteiger partial charge in [-0.3, -0.25) is 14.4 Å². The zero-order valence-electron chi connectivity index (χ0n) is 19.2. The third-order valence-electron chi connectivity index (χ3n) is 6.01. The maximum absolute atomic E-state index is 13.3. The second-order valence-corrected chi connectivity index (χ2v) is 9.50.